The fourth-order valence-electron chi connectivity index (χ4n) is 1.96. The Labute approximate surface area is 121 Å². The summed E-state index contributed by atoms with van der Waals surface area (Å²) in [5, 5.41) is 0. The summed E-state index contributed by atoms with van der Waals surface area (Å²) in [5.41, 5.74) is 1.23. The number of rotatable bonds is 10. The Balaban J connectivity index is 2.67. The molecule has 0 aliphatic rings. The number of nitrogens with zero attached hydrogens (tertiary/aromatic N) is 1. The molecule has 1 rings (SSSR count). The van der Waals surface area contributed by atoms with Crippen LogP contribution in [-0.4, -0.2) is 59.0 Å². The highest BCUT2D eigenvalue weighted by molar-refractivity contribution is 5.14. The van der Waals surface area contributed by atoms with Crippen LogP contribution in [0.25, 0.3) is 0 Å². The number of benzene rings is 1. The molecule has 0 aromatic heterocycles. The summed E-state index contributed by atoms with van der Waals surface area (Å²) in [6, 6.07) is 10.3. The quantitative estimate of drug-likeness (QED) is 0.612. The van der Waals surface area contributed by atoms with E-state index < -0.39 is 0 Å². The van der Waals surface area contributed by atoms with Crippen molar-refractivity contribution >= 4 is 0 Å². The fraction of sp³-hybridized carbons (Fsp3) is 0.600. The van der Waals surface area contributed by atoms with Crippen LogP contribution < -0.4 is 0 Å². The minimum absolute atomic E-state index is 0.270. The van der Waals surface area contributed by atoms with Crippen molar-refractivity contribution < 1.29 is 18.9 Å². The van der Waals surface area contributed by atoms with E-state index in [0.717, 1.165) is 6.54 Å². The Hall–Kier alpha value is -0.980. The van der Waals surface area contributed by atoms with Crippen molar-refractivity contribution in [3.05, 3.63) is 35.9 Å². The van der Waals surface area contributed by atoms with Gasteiger partial charge in [0.1, 0.15) is 0 Å². The lowest BCUT2D eigenvalue weighted by atomic mass is 10.2. The largest absolute Gasteiger partial charge is 0.355 e. The van der Waals surface area contributed by atoms with E-state index in [1.807, 2.05) is 18.2 Å². The second-order valence-electron chi connectivity index (χ2n) is 4.48. The van der Waals surface area contributed by atoms with Gasteiger partial charge in [-0.3, -0.25) is 4.90 Å². The Bertz CT molecular complexity index is 325. The molecule has 1 aromatic carbocycles. The number of ether oxygens (including phenoxy) is 4. The van der Waals surface area contributed by atoms with Gasteiger partial charge in [0, 0.05) is 35.0 Å². The fourth-order valence-corrected chi connectivity index (χ4v) is 1.96. The van der Waals surface area contributed by atoms with Gasteiger partial charge in [-0.1, -0.05) is 30.3 Å². The van der Waals surface area contributed by atoms with Crippen molar-refractivity contribution in [3.8, 4) is 0 Å². The van der Waals surface area contributed by atoms with Gasteiger partial charge in [-0.15, -0.1) is 0 Å². The third kappa shape index (κ3) is 5.98. The first-order valence-corrected chi connectivity index (χ1v) is 6.61. The predicted octanol–water partition coefficient (Wildman–Crippen LogP) is 1.73. The Morgan fingerprint density at radius 1 is 0.800 bits per heavy atom. The zero-order chi connectivity index (χ0) is 14.8. The van der Waals surface area contributed by atoms with Gasteiger partial charge in [-0.2, -0.15) is 0 Å². The normalized spacial score (nSPS) is 11.8. The molecule has 1 aromatic rings. The van der Waals surface area contributed by atoms with E-state index in [4.69, 9.17) is 18.9 Å². The molecule has 0 saturated heterocycles. The molecular formula is C15H25NO4. The lowest BCUT2D eigenvalue weighted by Gasteiger charge is -2.28. The van der Waals surface area contributed by atoms with Gasteiger partial charge in [0.25, 0.3) is 0 Å². The molecule has 0 heterocycles. The summed E-state index contributed by atoms with van der Waals surface area (Å²) < 4.78 is 21.1. The van der Waals surface area contributed by atoms with E-state index in [2.05, 4.69) is 17.0 Å². The van der Waals surface area contributed by atoms with Crippen LogP contribution in [0.3, 0.4) is 0 Å². The van der Waals surface area contributed by atoms with Gasteiger partial charge in [0.05, 0.1) is 13.1 Å². The molecule has 0 aliphatic carbocycles. The molecule has 0 fully saturated rings. The Kier molecular flexibility index (Phi) is 8.41. The first kappa shape index (κ1) is 17.1. The number of hydrogen-bond acceptors (Lipinski definition) is 5. The van der Waals surface area contributed by atoms with E-state index in [-0.39, 0.29) is 12.6 Å². The molecule has 0 unspecified atom stereocenters. The van der Waals surface area contributed by atoms with Crippen LogP contribution in [0.1, 0.15) is 5.56 Å². The van der Waals surface area contributed by atoms with Crippen LogP contribution >= 0.6 is 0 Å². The monoisotopic (exact) mass is 283 g/mol. The maximum absolute atomic E-state index is 5.27. The molecule has 0 N–H and O–H groups in total. The first-order valence-electron chi connectivity index (χ1n) is 6.61. The van der Waals surface area contributed by atoms with Crippen molar-refractivity contribution in [1.82, 2.24) is 4.90 Å². The van der Waals surface area contributed by atoms with Crippen LogP contribution in [0.4, 0.5) is 0 Å². The zero-order valence-electron chi connectivity index (χ0n) is 12.7. The van der Waals surface area contributed by atoms with Gasteiger partial charge in [-0.25, -0.2) is 0 Å². The molecule has 114 valence electrons. The van der Waals surface area contributed by atoms with Crippen molar-refractivity contribution in [3.63, 3.8) is 0 Å². The summed E-state index contributed by atoms with van der Waals surface area (Å²) in [7, 11) is 6.55. The highest BCUT2D eigenvalue weighted by Crippen LogP contribution is 2.08. The molecule has 0 aliphatic heterocycles. The SMILES string of the molecule is COC(CN(Cc1ccccc1)CC(OC)OC)OC. The Morgan fingerprint density at radius 3 is 1.65 bits per heavy atom. The molecule has 5 nitrogen and oxygen atoms in total. The van der Waals surface area contributed by atoms with Gasteiger partial charge >= 0.3 is 0 Å². The highest BCUT2D eigenvalue weighted by atomic mass is 16.7. The smallest absolute Gasteiger partial charge is 0.169 e. The van der Waals surface area contributed by atoms with E-state index >= 15 is 0 Å². The Morgan fingerprint density at radius 2 is 1.25 bits per heavy atom. The highest BCUT2D eigenvalue weighted by Gasteiger charge is 2.17. The molecule has 20 heavy (non-hydrogen) atoms. The maximum atomic E-state index is 5.27. The molecule has 0 spiro atoms. The molecule has 0 saturated carbocycles. The predicted molar refractivity (Wildman–Crippen MR) is 77.3 cm³/mol. The average molecular weight is 283 g/mol. The van der Waals surface area contributed by atoms with Crippen molar-refractivity contribution in [1.29, 1.82) is 0 Å². The lowest BCUT2D eigenvalue weighted by molar-refractivity contribution is -0.145. The van der Waals surface area contributed by atoms with Gasteiger partial charge < -0.3 is 18.9 Å². The summed E-state index contributed by atoms with van der Waals surface area (Å²) in [4.78, 5) is 2.19. The number of hydrogen-bond donors (Lipinski definition) is 0. The van der Waals surface area contributed by atoms with Crippen LogP contribution in [0.5, 0.6) is 0 Å². The second-order valence-corrected chi connectivity index (χ2v) is 4.48. The number of methoxy groups -OCH3 is 4. The van der Waals surface area contributed by atoms with Gasteiger partial charge in [0.15, 0.2) is 12.6 Å². The van der Waals surface area contributed by atoms with Crippen LogP contribution in [0.15, 0.2) is 30.3 Å². The molecule has 0 bridgehead atoms. The lowest BCUT2D eigenvalue weighted by Crippen LogP contribution is -2.40. The van der Waals surface area contributed by atoms with E-state index in [1.54, 1.807) is 28.4 Å². The molecule has 0 radical (unpaired) electrons. The van der Waals surface area contributed by atoms with Crippen LogP contribution in [0.2, 0.25) is 0 Å². The summed E-state index contributed by atoms with van der Waals surface area (Å²) >= 11 is 0. The van der Waals surface area contributed by atoms with E-state index in [9.17, 15) is 0 Å². The summed E-state index contributed by atoms with van der Waals surface area (Å²) in [5.74, 6) is 0. The van der Waals surface area contributed by atoms with Gasteiger partial charge in [0.2, 0.25) is 0 Å². The molecule has 0 amide bonds. The summed E-state index contributed by atoms with van der Waals surface area (Å²) in [6.45, 7) is 2.07. The standard InChI is InChI=1S/C15H25NO4/c1-17-14(18-2)11-16(12-15(19-3)20-4)10-13-8-6-5-7-9-13/h5-9,14-15H,10-12H2,1-4H3. The molecular weight excluding hydrogens is 258 g/mol. The minimum atomic E-state index is -0.270. The third-order valence-corrected chi connectivity index (χ3v) is 3.12. The van der Waals surface area contributed by atoms with E-state index in [1.165, 1.54) is 5.56 Å². The van der Waals surface area contributed by atoms with Crippen LogP contribution in [-0.2, 0) is 25.5 Å². The summed E-state index contributed by atoms with van der Waals surface area (Å²) in [6.07, 6.45) is -0.541. The molecule has 0 atom stereocenters. The van der Waals surface area contributed by atoms with Crippen molar-refractivity contribution in [2.45, 2.75) is 19.1 Å². The maximum Gasteiger partial charge on any atom is 0.169 e. The van der Waals surface area contributed by atoms with Crippen molar-refractivity contribution in [2.24, 2.45) is 0 Å². The van der Waals surface area contributed by atoms with Crippen molar-refractivity contribution in [2.75, 3.05) is 41.5 Å². The topological polar surface area (TPSA) is 40.2 Å². The van der Waals surface area contributed by atoms with E-state index in [0.29, 0.717) is 13.1 Å². The second kappa shape index (κ2) is 9.85. The zero-order valence-corrected chi connectivity index (χ0v) is 12.7. The average Bonchev–Trinajstić information content (AvgIpc) is 2.50. The third-order valence-electron chi connectivity index (χ3n) is 3.12. The molecule has 5 heteroatoms. The minimum Gasteiger partial charge on any atom is -0.355 e. The van der Waals surface area contributed by atoms with Crippen LogP contribution in [0, 0.1) is 0 Å². The first-order chi connectivity index (χ1) is 9.73. The van der Waals surface area contributed by atoms with Gasteiger partial charge in [-0.05, 0) is 5.56 Å².